The summed E-state index contributed by atoms with van der Waals surface area (Å²) in [7, 11) is 0. The van der Waals surface area contributed by atoms with E-state index in [0.717, 1.165) is 57.1 Å². The van der Waals surface area contributed by atoms with E-state index < -0.39 is 0 Å². The molecule has 0 fully saturated rings. The Bertz CT molecular complexity index is 3000. The topological polar surface area (TPSA) is 25.9 Å². The number of rotatable bonds is 8. The van der Waals surface area contributed by atoms with E-state index in [1.807, 2.05) is 0 Å². The molecule has 0 amide bonds. The molecule has 0 saturated carbocycles. The van der Waals surface area contributed by atoms with Crippen LogP contribution in [0, 0.1) is 0 Å². The van der Waals surface area contributed by atoms with Crippen LogP contribution in [0.5, 0.6) is 0 Å². The molecule has 302 valence electrons. The molecule has 0 spiro atoms. The van der Waals surface area contributed by atoms with Gasteiger partial charge in [0, 0.05) is 56.9 Å². The van der Waals surface area contributed by atoms with Crippen molar-refractivity contribution in [2.75, 3.05) is 19.6 Å². The summed E-state index contributed by atoms with van der Waals surface area (Å²) in [5.74, 6) is 1.76. The van der Waals surface area contributed by atoms with Crippen LogP contribution in [0.25, 0.3) is 0 Å². The summed E-state index contributed by atoms with van der Waals surface area (Å²) in [4.78, 5) is 15.2. The van der Waals surface area contributed by atoms with Gasteiger partial charge in [-0.2, -0.15) is 0 Å². The van der Waals surface area contributed by atoms with Crippen LogP contribution in [0.2, 0.25) is 0 Å². The Morgan fingerprint density at radius 2 is 0.825 bits per heavy atom. The average Bonchev–Trinajstić information content (AvgIpc) is 3.33. The smallest absolute Gasteiger partial charge is 0.254 e. The molecule has 0 saturated heterocycles. The van der Waals surface area contributed by atoms with Gasteiger partial charge in [-0.15, -0.1) is 0 Å². The van der Waals surface area contributed by atoms with Crippen molar-refractivity contribution in [3.8, 4) is 0 Å². The van der Waals surface area contributed by atoms with Crippen LogP contribution in [-0.4, -0.2) is 11.7 Å². The van der Waals surface area contributed by atoms with Crippen LogP contribution in [0.4, 0.5) is 68.5 Å². The van der Waals surface area contributed by atoms with Gasteiger partial charge in [-0.3, -0.25) is 9.80 Å². The Balaban J connectivity index is 1.10. The standard InChI is InChI=1S/C57H46BN5/c1-57(2,3)41-31-33-47(34-32-41)61(48-37-35-46(36-38-48)60(42-19-8-4-9-20-42)43-21-10-5-11-22-43)54-40-39-50-56(59-54)63(45-25-14-7-15-26-45)53-30-18-29-52-55(53)58(50)49-27-16-17-28-51(49)62(52)44-23-12-6-13-24-44/h4-40H,1-3H3. The summed E-state index contributed by atoms with van der Waals surface area (Å²) >= 11 is 0. The Labute approximate surface area is 370 Å². The predicted molar refractivity (Wildman–Crippen MR) is 266 cm³/mol. The van der Waals surface area contributed by atoms with Crippen LogP contribution in [0.15, 0.2) is 224 Å². The van der Waals surface area contributed by atoms with Gasteiger partial charge >= 0.3 is 0 Å². The minimum absolute atomic E-state index is 0.0161. The van der Waals surface area contributed by atoms with Crippen LogP contribution in [-0.2, 0) is 5.41 Å². The molecule has 3 heterocycles. The lowest BCUT2D eigenvalue weighted by Crippen LogP contribution is -2.61. The summed E-state index contributed by atoms with van der Waals surface area (Å²) in [5.41, 5.74) is 16.0. The molecular formula is C57H46BN5. The maximum atomic E-state index is 5.78. The van der Waals surface area contributed by atoms with Crippen molar-refractivity contribution >= 4 is 91.6 Å². The van der Waals surface area contributed by atoms with Crippen LogP contribution in [0.3, 0.4) is 0 Å². The zero-order valence-corrected chi connectivity index (χ0v) is 35.7. The molecule has 0 radical (unpaired) electrons. The number of benzene rings is 8. The van der Waals surface area contributed by atoms with Gasteiger partial charge < -0.3 is 9.80 Å². The number of pyridine rings is 1. The Kier molecular flexibility index (Phi) is 9.42. The van der Waals surface area contributed by atoms with Crippen molar-refractivity contribution in [3.05, 3.63) is 230 Å². The molecule has 2 aliphatic heterocycles. The van der Waals surface area contributed by atoms with Crippen LogP contribution >= 0.6 is 0 Å². The van der Waals surface area contributed by atoms with Gasteiger partial charge in [0.2, 0.25) is 0 Å². The number of nitrogens with zero attached hydrogens (tertiary/aromatic N) is 5. The predicted octanol–water partition coefficient (Wildman–Crippen LogP) is 13.4. The van der Waals surface area contributed by atoms with E-state index in [0.29, 0.717) is 0 Å². The van der Waals surface area contributed by atoms with Crippen molar-refractivity contribution in [3.63, 3.8) is 0 Å². The number of anilines is 12. The lowest BCUT2D eigenvalue weighted by molar-refractivity contribution is 0.590. The fourth-order valence-electron chi connectivity index (χ4n) is 9.43. The van der Waals surface area contributed by atoms with Gasteiger partial charge in [0.25, 0.3) is 6.71 Å². The molecule has 2 aliphatic rings. The summed E-state index contributed by atoms with van der Waals surface area (Å²) in [6.07, 6.45) is 0. The Morgan fingerprint density at radius 1 is 0.381 bits per heavy atom. The highest BCUT2D eigenvalue weighted by molar-refractivity contribution is 7.00. The minimum atomic E-state index is -0.0235. The second-order valence-electron chi connectivity index (χ2n) is 17.3. The van der Waals surface area contributed by atoms with E-state index in [1.54, 1.807) is 0 Å². The van der Waals surface area contributed by atoms with E-state index in [2.05, 4.69) is 265 Å². The number of fused-ring (bicyclic) bond motifs is 4. The molecule has 8 aromatic carbocycles. The molecule has 5 nitrogen and oxygen atoms in total. The third-order valence-corrected chi connectivity index (χ3v) is 12.4. The third-order valence-electron chi connectivity index (χ3n) is 12.4. The van der Waals surface area contributed by atoms with Crippen molar-refractivity contribution in [2.24, 2.45) is 0 Å². The highest BCUT2D eigenvalue weighted by Crippen LogP contribution is 2.45. The van der Waals surface area contributed by atoms with Gasteiger partial charge in [-0.1, -0.05) is 136 Å². The lowest BCUT2D eigenvalue weighted by Gasteiger charge is -2.43. The van der Waals surface area contributed by atoms with Gasteiger partial charge in [0.1, 0.15) is 11.6 Å². The molecule has 0 atom stereocenters. The van der Waals surface area contributed by atoms with E-state index in [4.69, 9.17) is 4.98 Å². The quantitative estimate of drug-likeness (QED) is 0.142. The van der Waals surface area contributed by atoms with Gasteiger partial charge in [0.05, 0.1) is 0 Å². The minimum Gasteiger partial charge on any atom is -0.311 e. The molecule has 6 heteroatoms. The Hall–Kier alpha value is -7.83. The molecule has 0 aliphatic carbocycles. The second-order valence-corrected chi connectivity index (χ2v) is 17.3. The Morgan fingerprint density at radius 3 is 1.40 bits per heavy atom. The summed E-state index contributed by atoms with van der Waals surface area (Å²) in [5, 5.41) is 0. The van der Waals surface area contributed by atoms with E-state index >= 15 is 0 Å². The molecule has 1 aromatic heterocycles. The molecule has 0 bridgehead atoms. The second kappa shape index (κ2) is 15.6. The fraction of sp³-hybridized carbons (Fsp3) is 0.0702. The van der Waals surface area contributed by atoms with Gasteiger partial charge in [-0.25, -0.2) is 4.98 Å². The first kappa shape index (κ1) is 38.1. The van der Waals surface area contributed by atoms with Crippen LogP contribution in [0.1, 0.15) is 26.3 Å². The van der Waals surface area contributed by atoms with Crippen LogP contribution < -0.4 is 36.0 Å². The number of hydrogen-bond donors (Lipinski definition) is 0. The number of hydrogen-bond acceptors (Lipinski definition) is 5. The summed E-state index contributed by atoms with van der Waals surface area (Å²) < 4.78 is 0. The first-order chi connectivity index (χ1) is 30.9. The zero-order valence-electron chi connectivity index (χ0n) is 35.7. The maximum absolute atomic E-state index is 5.78. The summed E-state index contributed by atoms with van der Waals surface area (Å²) in [6, 6.07) is 80.5. The third kappa shape index (κ3) is 6.72. The molecule has 11 rings (SSSR count). The van der Waals surface area contributed by atoms with E-state index in [-0.39, 0.29) is 12.1 Å². The molecule has 0 unspecified atom stereocenters. The van der Waals surface area contributed by atoms with Gasteiger partial charge in [-0.05, 0) is 137 Å². The molecule has 63 heavy (non-hydrogen) atoms. The highest BCUT2D eigenvalue weighted by atomic mass is 15.3. The first-order valence-corrected chi connectivity index (χ1v) is 21.8. The molecule has 0 N–H and O–H groups in total. The zero-order chi connectivity index (χ0) is 42.5. The monoisotopic (exact) mass is 811 g/mol. The maximum Gasteiger partial charge on any atom is 0.254 e. The van der Waals surface area contributed by atoms with Gasteiger partial charge in [0.15, 0.2) is 0 Å². The largest absolute Gasteiger partial charge is 0.311 e. The van der Waals surface area contributed by atoms with Crippen molar-refractivity contribution in [1.82, 2.24) is 4.98 Å². The highest BCUT2D eigenvalue weighted by Gasteiger charge is 2.44. The fourth-order valence-corrected chi connectivity index (χ4v) is 9.43. The summed E-state index contributed by atoms with van der Waals surface area (Å²) in [6.45, 7) is 6.76. The number of para-hydroxylation sites is 5. The normalized spacial score (nSPS) is 12.6. The van der Waals surface area contributed by atoms with E-state index in [9.17, 15) is 0 Å². The first-order valence-electron chi connectivity index (χ1n) is 21.8. The number of aromatic nitrogens is 1. The van der Waals surface area contributed by atoms with E-state index in [1.165, 1.54) is 33.3 Å². The molecular weight excluding hydrogens is 765 g/mol. The van der Waals surface area contributed by atoms with Crippen molar-refractivity contribution in [2.45, 2.75) is 26.2 Å². The van der Waals surface area contributed by atoms with Crippen molar-refractivity contribution < 1.29 is 0 Å². The van der Waals surface area contributed by atoms with Crippen molar-refractivity contribution in [1.29, 1.82) is 0 Å². The molecule has 9 aromatic rings. The average molecular weight is 812 g/mol. The SMILES string of the molecule is CC(C)(C)c1ccc(N(c2ccc(N(c3ccccc3)c3ccccc3)cc2)c2ccc3c(n2)N(c2ccccc2)c2cccc4c2B3c2ccccc2N4c2ccccc2)cc1. The lowest BCUT2D eigenvalue weighted by atomic mass is 9.33.